The minimum atomic E-state index is 0.281. The van der Waals surface area contributed by atoms with Gasteiger partial charge >= 0.3 is 0 Å². The molecule has 2 aromatic carbocycles. The maximum Gasteiger partial charge on any atom is 0.161 e. The van der Waals surface area contributed by atoms with Gasteiger partial charge < -0.3 is 14.5 Å². The minimum Gasteiger partial charge on any atom is -0.497 e. The number of nitrogens with zero attached hydrogens (tertiary/aromatic N) is 4. The van der Waals surface area contributed by atoms with Crippen molar-refractivity contribution in [1.29, 1.82) is 0 Å². The molecule has 2 aliphatic heterocycles. The van der Waals surface area contributed by atoms with E-state index >= 15 is 0 Å². The molecule has 0 unspecified atom stereocenters. The Bertz CT molecular complexity index is 1250. The van der Waals surface area contributed by atoms with Gasteiger partial charge in [-0.15, -0.1) is 0 Å². The Labute approximate surface area is 216 Å². The Kier molecular flexibility index (Phi) is 6.67. The fraction of sp³-hybridized carbons (Fsp3) is 0.484. The summed E-state index contributed by atoms with van der Waals surface area (Å²) in [5, 5.41) is 0. The lowest BCUT2D eigenvalue weighted by Crippen LogP contribution is -2.42. The van der Waals surface area contributed by atoms with Crippen molar-refractivity contribution in [3.8, 4) is 17.1 Å². The summed E-state index contributed by atoms with van der Waals surface area (Å²) >= 11 is 0. The van der Waals surface area contributed by atoms with Gasteiger partial charge in [0.15, 0.2) is 5.82 Å². The number of methoxy groups -OCH3 is 1. The van der Waals surface area contributed by atoms with E-state index in [9.17, 15) is 0 Å². The van der Waals surface area contributed by atoms with E-state index in [0.29, 0.717) is 5.92 Å². The van der Waals surface area contributed by atoms with Gasteiger partial charge in [-0.25, -0.2) is 9.97 Å². The molecule has 3 heterocycles. The second-order valence-corrected chi connectivity index (χ2v) is 11.6. The molecule has 0 saturated carbocycles. The molecular weight excluding hydrogens is 444 g/mol. The largest absolute Gasteiger partial charge is 0.497 e. The lowest BCUT2D eigenvalue weighted by molar-refractivity contribution is 0.291. The summed E-state index contributed by atoms with van der Waals surface area (Å²) in [5.41, 5.74) is 7.84. The predicted octanol–water partition coefficient (Wildman–Crippen LogP) is 6.77. The van der Waals surface area contributed by atoms with Crippen LogP contribution in [0.3, 0.4) is 0 Å². The highest BCUT2D eigenvalue weighted by Crippen LogP contribution is 2.37. The number of ether oxygens (including phenoxy) is 1. The fourth-order valence-corrected chi connectivity index (χ4v) is 5.69. The molecule has 0 bridgehead atoms. The lowest BCUT2D eigenvalue weighted by Gasteiger charge is -2.41. The quantitative estimate of drug-likeness (QED) is 0.400. The molecule has 1 aromatic heterocycles. The van der Waals surface area contributed by atoms with E-state index in [-0.39, 0.29) is 5.41 Å². The molecule has 0 aliphatic carbocycles. The fourth-order valence-electron chi connectivity index (χ4n) is 5.69. The average Bonchev–Trinajstić information content (AvgIpc) is 2.87. The number of piperidine rings is 1. The van der Waals surface area contributed by atoms with Gasteiger partial charge in [-0.2, -0.15) is 0 Å². The van der Waals surface area contributed by atoms with Crippen molar-refractivity contribution in [3.63, 3.8) is 0 Å². The minimum absolute atomic E-state index is 0.281. The van der Waals surface area contributed by atoms with Crippen LogP contribution < -0.4 is 14.5 Å². The third kappa shape index (κ3) is 4.93. The highest BCUT2D eigenvalue weighted by molar-refractivity contribution is 5.65. The monoisotopic (exact) mass is 484 g/mol. The number of fused-ring (bicyclic) bond motifs is 1. The van der Waals surface area contributed by atoms with E-state index < -0.39 is 0 Å². The maximum atomic E-state index is 5.49. The normalized spacial score (nSPS) is 17.3. The van der Waals surface area contributed by atoms with Crippen molar-refractivity contribution >= 4 is 11.5 Å². The number of aromatic nitrogens is 2. The van der Waals surface area contributed by atoms with Crippen molar-refractivity contribution < 1.29 is 4.74 Å². The molecule has 2 aliphatic rings. The van der Waals surface area contributed by atoms with Gasteiger partial charge in [0.25, 0.3) is 0 Å². The zero-order valence-corrected chi connectivity index (χ0v) is 22.8. The second-order valence-electron chi connectivity index (χ2n) is 11.6. The molecule has 0 atom stereocenters. The van der Waals surface area contributed by atoms with Crippen LogP contribution in [0.1, 0.15) is 68.8 Å². The van der Waals surface area contributed by atoms with Crippen LogP contribution in [-0.2, 0) is 13.0 Å². The third-order valence-electron chi connectivity index (χ3n) is 7.81. The second kappa shape index (κ2) is 9.76. The summed E-state index contributed by atoms with van der Waals surface area (Å²) in [6.45, 7) is 15.4. The van der Waals surface area contributed by atoms with Crippen molar-refractivity contribution in [2.45, 2.75) is 66.3 Å². The molecule has 0 radical (unpaired) electrons. The first kappa shape index (κ1) is 24.6. The Morgan fingerprint density at radius 3 is 2.58 bits per heavy atom. The SMILES string of the molecule is COc1cccc(-c2nc3c(c(N4CCCC(C)(C)C4)n2)CN(c2cc(C(C)C)ccc2C)CC3)c1. The Morgan fingerprint density at radius 2 is 1.83 bits per heavy atom. The molecule has 5 rings (SSSR count). The van der Waals surface area contributed by atoms with Gasteiger partial charge in [-0.05, 0) is 60.4 Å². The van der Waals surface area contributed by atoms with Gasteiger partial charge in [0, 0.05) is 49.4 Å². The Morgan fingerprint density at radius 1 is 1.00 bits per heavy atom. The summed E-state index contributed by atoms with van der Waals surface area (Å²) in [6, 6.07) is 15.1. The van der Waals surface area contributed by atoms with Crippen molar-refractivity contribution in [2.24, 2.45) is 5.41 Å². The molecule has 190 valence electrons. The molecule has 0 N–H and O–H groups in total. The molecule has 1 saturated heterocycles. The van der Waals surface area contributed by atoms with Gasteiger partial charge in [0.2, 0.25) is 0 Å². The number of hydrogen-bond acceptors (Lipinski definition) is 5. The zero-order chi connectivity index (χ0) is 25.4. The van der Waals surface area contributed by atoms with E-state index in [1.807, 2.05) is 18.2 Å². The molecule has 5 heteroatoms. The summed E-state index contributed by atoms with van der Waals surface area (Å²) in [5.74, 6) is 3.27. The van der Waals surface area contributed by atoms with Gasteiger partial charge in [-0.1, -0.05) is 52.0 Å². The maximum absolute atomic E-state index is 5.49. The van der Waals surface area contributed by atoms with Crippen LogP contribution in [0.5, 0.6) is 5.75 Å². The molecule has 36 heavy (non-hydrogen) atoms. The van der Waals surface area contributed by atoms with Crippen LogP contribution in [0.2, 0.25) is 0 Å². The van der Waals surface area contributed by atoms with E-state index in [4.69, 9.17) is 14.7 Å². The number of rotatable bonds is 5. The molecule has 0 amide bonds. The number of aryl methyl sites for hydroxylation is 1. The van der Waals surface area contributed by atoms with Gasteiger partial charge in [0.1, 0.15) is 11.6 Å². The van der Waals surface area contributed by atoms with E-state index in [2.05, 4.69) is 68.7 Å². The Hall–Kier alpha value is -3.08. The van der Waals surface area contributed by atoms with Crippen molar-refractivity contribution in [1.82, 2.24) is 9.97 Å². The highest BCUT2D eigenvalue weighted by atomic mass is 16.5. The third-order valence-corrected chi connectivity index (χ3v) is 7.81. The Balaban J connectivity index is 1.58. The van der Waals surface area contributed by atoms with Crippen LogP contribution in [0.4, 0.5) is 11.5 Å². The van der Waals surface area contributed by atoms with E-state index in [0.717, 1.165) is 55.6 Å². The standard InChI is InChI=1S/C31H40N4O/c1-21(2)23-12-11-22(3)28(18-23)34-16-13-27-26(19-34)30(35-15-8-14-31(4,5)20-35)33-29(32-27)24-9-7-10-25(17-24)36-6/h7,9-12,17-18,21H,8,13-16,19-20H2,1-6H3. The van der Waals surface area contributed by atoms with Crippen LogP contribution in [-0.4, -0.2) is 36.7 Å². The highest BCUT2D eigenvalue weighted by Gasteiger charge is 2.32. The average molecular weight is 485 g/mol. The number of benzene rings is 2. The molecule has 5 nitrogen and oxygen atoms in total. The first-order valence-electron chi connectivity index (χ1n) is 13.4. The van der Waals surface area contributed by atoms with Gasteiger partial charge in [0.05, 0.1) is 12.8 Å². The summed E-state index contributed by atoms with van der Waals surface area (Å²) in [4.78, 5) is 15.4. The summed E-state index contributed by atoms with van der Waals surface area (Å²) in [6.07, 6.45) is 3.37. The molecular formula is C31H40N4O. The zero-order valence-electron chi connectivity index (χ0n) is 22.8. The number of hydrogen-bond donors (Lipinski definition) is 0. The summed E-state index contributed by atoms with van der Waals surface area (Å²) in [7, 11) is 1.71. The van der Waals surface area contributed by atoms with Crippen LogP contribution in [0.15, 0.2) is 42.5 Å². The lowest BCUT2D eigenvalue weighted by atomic mass is 9.84. The molecule has 1 fully saturated rings. The smallest absolute Gasteiger partial charge is 0.161 e. The van der Waals surface area contributed by atoms with Crippen molar-refractivity contribution in [2.75, 3.05) is 36.5 Å². The summed E-state index contributed by atoms with van der Waals surface area (Å²) < 4.78 is 5.49. The van der Waals surface area contributed by atoms with Crippen LogP contribution in [0.25, 0.3) is 11.4 Å². The molecule has 3 aromatic rings. The van der Waals surface area contributed by atoms with Crippen LogP contribution >= 0.6 is 0 Å². The number of anilines is 2. The first-order valence-corrected chi connectivity index (χ1v) is 13.4. The van der Waals surface area contributed by atoms with Crippen molar-refractivity contribution in [3.05, 3.63) is 64.8 Å². The first-order chi connectivity index (χ1) is 17.2. The van der Waals surface area contributed by atoms with E-state index in [1.165, 1.54) is 40.9 Å². The van der Waals surface area contributed by atoms with Gasteiger partial charge in [-0.3, -0.25) is 0 Å². The van der Waals surface area contributed by atoms with Crippen LogP contribution in [0, 0.1) is 12.3 Å². The predicted molar refractivity (Wildman–Crippen MR) is 149 cm³/mol. The topological polar surface area (TPSA) is 41.5 Å². The van der Waals surface area contributed by atoms with E-state index in [1.54, 1.807) is 7.11 Å². The molecule has 0 spiro atoms.